The zero-order valence-corrected chi connectivity index (χ0v) is 28.3. The third-order valence-corrected chi connectivity index (χ3v) is 11.0. The highest BCUT2D eigenvalue weighted by Crippen LogP contribution is 2.53. The predicted molar refractivity (Wildman–Crippen MR) is 172 cm³/mol. The van der Waals surface area contributed by atoms with Crippen LogP contribution in [-0.4, -0.2) is 103 Å². The number of aliphatic hydroxyl groups excluding tert-OH is 1. The van der Waals surface area contributed by atoms with Gasteiger partial charge in [0.15, 0.2) is 41.3 Å². The van der Waals surface area contributed by atoms with Crippen molar-refractivity contribution < 1.29 is 63.3 Å². The van der Waals surface area contributed by atoms with Crippen LogP contribution in [0.4, 0.5) is 0 Å². The van der Waals surface area contributed by atoms with Crippen LogP contribution in [0, 0.1) is 0 Å². The molecule has 11 atom stereocenters. The second-order valence-corrected chi connectivity index (χ2v) is 14.6. The maximum absolute atomic E-state index is 14.1. The Morgan fingerprint density at radius 2 is 1.66 bits per heavy atom. The number of benzene rings is 1. The molecule has 1 aromatic carbocycles. The van der Waals surface area contributed by atoms with Crippen molar-refractivity contribution in [3.05, 3.63) is 64.3 Å². The summed E-state index contributed by atoms with van der Waals surface area (Å²) in [5.41, 5.74) is -7.54. The molecule has 13 heteroatoms. The molecule has 7 rings (SSSR count). The van der Waals surface area contributed by atoms with Gasteiger partial charge in [-0.05, 0) is 71.3 Å². The van der Waals surface area contributed by atoms with Crippen LogP contribution < -0.4 is 0 Å². The van der Waals surface area contributed by atoms with Crippen LogP contribution in [0.5, 0.6) is 5.75 Å². The van der Waals surface area contributed by atoms with Gasteiger partial charge >= 0.3 is 0 Å². The van der Waals surface area contributed by atoms with Gasteiger partial charge in [-0.3, -0.25) is 19.2 Å². The predicted octanol–water partition coefficient (Wildman–Crippen LogP) is 2.62. The number of ketones is 4. The van der Waals surface area contributed by atoms with Gasteiger partial charge < -0.3 is 44.1 Å². The summed E-state index contributed by atoms with van der Waals surface area (Å²) in [7, 11) is 0. The molecule has 3 aliphatic carbocycles. The molecule has 3 aliphatic heterocycles. The Balaban J connectivity index is 1.12. The van der Waals surface area contributed by atoms with Gasteiger partial charge in [0.05, 0.1) is 47.3 Å². The number of aliphatic hydroxyl groups is 3. The number of ether oxygens (including phenoxy) is 5. The molecule has 3 heterocycles. The Labute approximate surface area is 288 Å². The smallest absolute Gasteiger partial charge is 0.198 e. The number of fused-ring (bicyclic) bond motifs is 3. The quantitative estimate of drug-likeness (QED) is 0.352. The minimum atomic E-state index is -2.78. The zero-order valence-electron chi connectivity index (χ0n) is 28.3. The van der Waals surface area contributed by atoms with Crippen LogP contribution in [0.2, 0.25) is 0 Å². The molecule has 13 nitrogen and oxygen atoms in total. The van der Waals surface area contributed by atoms with E-state index in [9.17, 15) is 39.6 Å². The van der Waals surface area contributed by atoms with Gasteiger partial charge in [-0.2, -0.15) is 0 Å². The normalized spacial score (nSPS) is 41.6. The lowest BCUT2D eigenvalue weighted by Gasteiger charge is -2.53. The molecule has 4 N–H and O–H groups in total. The summed E-state index contributed by atoms with van der Waals surface area (Å²) in [5, 5.41) is 45.3. The monoisotopic (exact) mass is 694 g/mol. The van der Waals surface area contributed by atoms with E-state index in [1.165, 1.54) is 30.4 Å². The third-order valence-electron chi connectivity index (χ3n) is 11.0. The van der Waals surface area contributed by atoms with E-state index in [-0.39, 0.29) is 41.1 Å². The molecule has 50 heavy (non-hydrogen) atoms. The fraction of sp³-hybridized carbons (Fsp3) is 0.568. The van der Waals surface area contributed by atoms with Gasteiger partial charge in [0.2, 0.25) is 0 Å². The van der Waals surface area contributed by atoms with E-state index in [1.807, 2.05) is 6.92 Å². The number of phenols is 1. The van der Waals surface area contributed by atoms with Crippen molar-refractivity contribution in [1.82, 2.24) is 0 Å². The first-order valence-electron chi connectivity index (χ1n) is 17.1. The lowest BCUT2D eigenvalue weighted by molar-refractivity contribution is -0.260. The number of phenolic OH excluding ortho intramolecular Hbond substituents is 1. The molecule has 0 aromatic heterocycles. The number of allylic oxidation sites excluding steroid dienone is 2. The second-order valence-electron chi connectivity index (χ2n) is 14.6. The van der Waals surface area contributed by atoms with Gasteiger partial charge in [-0.15, -0.1) is 0 Å². The summed E-state index contributed by atoms with van der Waals surface area (Å²) < 4.78 is 29.8. The Morgan fingerprint density at radius 1 is 0.900 bits per heavy atom. The molecule has 1 saturated carbocycles. The second kappa shape index (κ2) is 12.4. The number of carbonyl (C=O) groups excluding carboxylic acids is 4. The summed E-state index contributed by atoms with van der Waals surface area (Å²) in [6.07, 6.45) is 1.86. The van der Waals surface area contributed by atoms with Gasteiger partial charge in [0, 0.05) is 36.0 Å². The molecule has 0 radical (unpaired) electrons. The minimum absolute atomic E-state index is 0.214. The number of carbonyl (C=O) groups is 4. The molecule has 0 spiro atoms. The molecule has 268 valence electrons. The number of Topliss-reactive ketones (excluding diaryl/α,β-unsaturated/α-hetero) is 3. The highest BCUT2D eigenvalue weighted by atomic mass is 16.7. The van der Waals surface area contributed by atoms with E-state index in [1.54, 1.807) is 20.8 Å². The summed E-state index contributed by atoms with van der Waals surface area (Å²) >= 11 is 0. The average Bonchev–Trinajstić information content (AvgIpc) is 3.05. The first kappa shape index (κ1) is 35.0. The number of hydrogen-bond acceptors (Lipinski definition) is 13. The molecule has 1 aromatic rings. The molecule has 3 fully saturated rings. The number of aromatic hydroxyl groups is 1. The first-order valence-corrected chi connectivity index (χ1v) is 17.1. The molecular weight excluding hydrogens is 652 g/mol. The fourth-order valence-corrected chi connectivity index (χ4v) is 8.20. The summed E-state index contributed by atoms with van der Waals surface area (Å²) in [4.78, 5) is 53.8. The lowest BCUT2D eigenvalue weighted by Crippen LogP contribution is -2.69. The van der Waals surface area contributed by atoms with E-state index in [4.69, 9.17) is 23.7 Å². The molecule has 0 amide bonds. The summed E-state index contributed by atoms with van der Waals surface area (Å²) in [6, 6.07) is 2.85. The molecular formula is C37H42O13. The van der Waals surface area contributed by atoms with E-state index >= 15 is 0 Å². The summed E-state index contributed by atoms with van der Waals surface area (Å²) in [6.45, 7) is 6.74. The molecule has 8 unspecified atom stereocenters. The van der Waals surface area contributed by atoms with E-state index in [0.717, 1.165) is 6.08 Å². The van der Waals surface area contributed by atoms with Crippen molar-refractivity contribution >= 4 is 23.1 Å². The van der Waals surface area contributed by atoms with Gasteiger partial charge in [-0.1, -0.05) is 12.1 Å². The topological polar surface area (TPSA) is 195 Å². The minimum Gasteiger partial charge on any atom is -0.507 e. The average molecular weight is 695 g/mol. The Kier molecular flexibility index (Phi) is 8.67. The SMILES string of the molecule is CC1OC(O[C@]2(C)CC(=O)[C@@]3(O)C4=C(C=C[C@]3(O)C2)C(=O)c2c(ccc(C3CCC(OC5CCC(O)C(C)O5)C(C)O3)c2O)C4=O)C=CC1=O. The van der Waals surface area contributed by atoms with Crippen molar-refractivity contribution in [3.8, 4) is 5.75 Å². The first-order chi connectivity index (χ1) is 23.5. The number of rotatable bonds is 5. The highest BCUT2D eigenvalue weighted by molar-refractivity contribution is 6.32. The van der Waals surface area contributed by atoms with E-state index in [2.05, 4.69) is 0 Å². The van der Waals surface area contributed by atoms with Crippen LogP contribution in [-0.2, 0) is 33.3 Å². The van der Waals surface area contributed by atoms with Gasteiger partial charge in [0.1, 0.15) is 17.5 Å². The van der Waals surface area contributed by atoms with E-state index in [0.29, 0.717) is 31.2 Å². The van der Waals surface area contributed by atoms with Crippen molar-refractivity contribution in [2.75, 3.05) is 0 Å². The molecule has 0 bridgehead atoms. The molecule has 6 aliphatic rings. The summed E-state index contributed by atoms with van der Waals surface area (Å²) in [5.74, 6) is -3.28. The van der Waals surface area contributed by atoms with Gasteiger partial charge in [0.25, 0.3) is 0 Å². The maximum Gasteiger partial charge on any atom is 0.198 e. The van der Waals surface area contributed by atoms with Crippen LogP contribution in [0.25, 0.3) is 0 Å². The number of hydrogen-bond donors (Lipinski definition) is 4. The van der Waals surface area contributed by atoms with Crippen molar-refractivity contribution in [2.24, 2.45) is 0 Å². The largest absolute Gasteiger partial charge is 0.507 e. The standard InChI is InChI=1S/C37H42O13/c1-17-23(38)7-11-28(47-17)49-25-9-10-26(46-19(25)3)20-5-6-21-30(32(20)41)33(42)22-13-14-36(44)16-35(4,50-29-12-8-24(39)18(2)48-29)15-27(40)37(36,45)31(22)34(21)43/h5-6,8,12-14,17-19,23,25-26,28-29,38,41,44-45H,7,9-11,15-16H2,1-4H3/t17?,18?,19?,23?,25?,26?,28?,29?,35-,36+,37-/m1/s1. The Bertz CT molecular complexity index is 1740. The fourth-order valence-electron chi connectivity index (χ4n) is 8.20. The highest BCUT2D eigenvalue weighted by Gasteiger charge is 2.67. The molecule has 2 saturated heterocycles. The lowest BCUT2D eigenvalue weighted by atomic mass is 9.57. The zero-order chi connectivity index (χ0) is 35.9. The van der Waals surface area contributed by atoms with Gasteiger partial charge in [-0.25, -0.2) is 0 Å². The van der Waals surface area contributed by atoms with E-state index < -0.39 is 88.9 Å². The van der Waals surface area contributed by atoms with Crippen molar-refractivity contribution in [2.45, 2.75) is 132 Å². The van der Waals surface area contributed by atoms with Crippen LogP contribution in [0.1, 0.15) is 98.6 Å². The van der Waals surface area contributed by atoms with Crippen LogP contribution >= 0.6 is 0 Å². The Morgan fingerprint density at radius 3 is 2.36 bits per heavy atom. The van der Waals surface area contributed by atoms with Crippen LogP contribution in [0.15, 0.2) is 47.6 Å². The Hall–Kier alpha value is -3.40. The third kappa shape index (κ3) is 5.55. The van der Waals surface area contributed by atoms with Crippen LogP contribution in [0.3, 0.4) is 0 Å². The van der Waals surface area contributed by atoms with Crippen molar-refractivity contribution in [3.63, 3.8) is 0 Å². The maximum atomic E-state index is 14.1. The van der Waals surface area contributed by atoms with Crippen molar-refractivity contribution in [1.29, 1.82) is 0 Å².